The van der Waals surface area contributed by atoms with Gasteiger partial charge in [0.1, 0.15) is 5.92 Å². The molecule has 0 radical (unpaired) electrons. The van der Waals surface area contributed by atoms with E-state index in [0.29, 0.717) is 5.25 Å². The number of carbonyl (C=O) groups is 1. The Morgan fingerprint density at radius 3 is 3.11 bits per heavy atom. The van der Waals surface area contributed by atoms with Crippen LogP contribution >= 0.6 is 23.1 Å². The number of rotatable bonds is 2. The van der Waals surface area contributed by atoms with Gasteiger partial charge in [0, 0.05) is 29.0 Å². The molecule has 1 aromatic rings. The summed E-state index contributed by atoms with van der Waals surface area (Å²) in [4.78, 5) is 19.5. The lowest BCUT2D eigenvalue weighted by Crippen LogP contribution is -2.36. The smallest absolute Gasteiger partial charge is 0.312 e. The van der Waals surface area contributed by atoms with Crippen LogP contribution in [-0.2, 0) is 11.2 Å². The molecule has 104 valence electrons. The maximum absolute atomic E-state index is 11.3. The molecule has 0 aromatic carbocycles. The number of anilines is 1. The molecule has 1 aliphatic carbocycles. The van der Waals surface area contributed by atoms with Crippen molar-refractivity contribution in [2.24, 2.45) is 0 Å². The van der Waals surface area contributed by atoms with Crippen LogP contribution in [0.4, 0.5) is 5.13 Å². The summed E-state index contributed by atoms with van der Waals surface area (Å²) in [6.07, 6.45) is 2.70. The number of aryl methyl sites for hydroxylation is 1. The summed E-state index contributed by atoms with van der Waals surface area (Å²) in [5.74, 6) is 0.0269. The van der Waals surface area contributed by atoms with E-state index in [0.717, 1.165) is 48.9 Å². The zero-order valence-corrected chi connectivity index (χ0v) is 12.6. The van der Waals surface area contributed by atoms with Crippen LogP contribution in [0.1, 0.15) is 36.3 Å². The predicted molar refractivity (Wildman–Crippen MR) is 79.6 cm³/mol. The van der Waals surface area contributed by atoms with Gasteiger partial charge < -0.3 is 10.0 Å². The van der Waals surface area contributed by atoms with Crippen molar-refractivity contribution in [3.63, 3.8) is 0 Å². The Morgan fingerprint density at radius 1 is 1.53 bits per heavy atom. The highest BCUT2D eigenvalue weighted by Crippen LogP contribution is 2.38. The zero-order valence-electron chi connectivity index (χ0n) is 11.0. The minimum Gasteiger partial charge on any atom is -0.481 e. The second-order valence-corrected chi connectivity index (χ2v) is 7.82. The number of aromatic nitrogens is 1. The van der Waals surface area contributed by atoms with Crippen molar-refractivity contribution in [1.29, 1.82) is 0 Å². The molecule has 0 spiro atoms. The molecule has 1 saturated heterocycles. The van der Waals surface area contributed by atoms with Crippen LogP contribution in [0.15, 0.2) is 0 Å². The summed E-state index contributed by atoms with van der Waals surface area (Å²) in [5.41, 5.74) is 0.838. The summed E-state index contributed by atoms with van der Waals surface area (Å²) >= 11 is 3.71. The van der Waals surface area contributed by atoms with E-state index < -0.39 is 5.97 Å². The van der Waals surface area contributed by atoms with Crippen LogP contribution in [-0.4, -0.2) is 40.2 Å². The fourth-order valence-electron chi connectivity index (χ4n) is 2.77. The first kappa shape index (κ1) is 13.2. The van der Waals surface area contributed by atoms with E-state index in [4.69, 9.17) is 0 Å². The molecule has 0 amide bonds. The number of fused-ring (bicyclic) bond motifs is 1. The maximum Gasteiger partial charge on any atom is 0.312 e. The van der Waals surface area contributed by atoms with Crippen LogP contribution in [0, 0.1) is 0 Å². The monoisotopic (exact) mass is 298 g/mol. The largest absolute Gasteiger partial charge is 0.481 e. The van der Waals surface area contributed by atoms with Crippen LogP contribution in [0.3, 0.4) is 0 Å². The van der Waals surface area contributed by atoms with Gasteiger partial charge >= 0.3 is 5.97 Å². The number of aliphatic carboxylic acids is 1. The second-order valence-electron chi connectivity index (χ2n) is 5.22. The Kier molecular flexibility index (Phi) is 3.71. The SMILES string of the molecule is CC1CN(c2nc3c(s2)CCCC3C(=O)O)CCS1. The van der Waals surface area contributed by atoms with Crippen LogP contribution in [0.2, 0.25) is 0 Å². The van der Waals surface area contributed by atoms with Gasteiger partial charge in [-0.25, -0.2) is 4.98 Å². The topological polar surface area (TPSA) is 53.4 Å². The molecule has 0 saturated carbocycles. The molecule has 6 heteroatoms. The lowest BCUT2D eigenvalue weighted by molar-refractivity contribution is -0.139. The Labute approximate surface area is 121 Å². The summed E-state index contributed by atoms with van der Waals surface area (Å²) in [6, 6.07) is 0. The third kappa shape index (κ3) is 2.60. The van der Waals surface area contributed by atoms with Crippen molar-refractivity contribution in [2.45, 2.75) is 37.4 Å². The molecule has 2 atom stereocenters. The van der Waals surface area contributed by atoms with Gasteiger partial charge in [-0.2, -0.15) is 11.8 Å². The third-order valence-corrected chi connectivity index (χ3v) is 6.08. The van der Waals surface area contributed by atoms with E-state index >= 15 is 0 Å². The minimum absolute atomic E-state index is 0.384. The number of thioether (sulfide) groups is 1. The number of hydrogen-bond donors (Lipinski definition) is 1. The van der Waals surface area contributed by atoms with Gasteiger partial charge in [-0.15, -0.1) is 11.3 Å². The summed E-state index contributed by atoms with van der Waals surface area (Å²) < 4.78 is 0. The highest BCUT2D eigenvalue weighted by atomic mass is 32.2. The van der Waals surface area contributed by atoms with Crippen molar-refractivity contribution < 1.29 is 9.90 Å². The number of nitrogens with zero attached hydrogens (tertiary/aromatic N) is 2. The molecule has 2 aliphatic rings. The Hall–Kier alpha value is -0.750. The average molecular weight is 298 g/mol. The lowest BCUT2D eigenvalue weighted by atomic mass is 9.91. The summed E-state index contributed by atoms with van der Waals surface area (Å²) in [7, 11) is 0. The first-order valence-electron chi connectivity index (χ1n) is 6.74. The highest BCUT2D eigenvalue weighted by molar-refractivity contribution is 8.00. The van der Waals surface area contributed by atoms with Gasteiger partial charge in [0.2, 0.25) is 0 Å². The van der Waals surface area contributed by atoms with Crippen molar-refractivity contribution in [1.82, 2.24) is 4.98 Å². The molecule has 1 aromatic heterocycles. The molecular formula is C13H18N2O2S2. The molecule has 1 N–H and O–H groups in total. The number of hydrogen-bond acceptors (Lipinski definition) is 5. The number of carboxylic acids is 1. The fourth-order valence-corrected chi connectivity index (χ4v) is 4.99. The molecule has 1 fully saturated rings. The molecule has 4 nitrogen and oxygen atoms in total. The average Bonchev–Trinajstić information content (AvgIpc) is 2.82. The molecule has 2 unspecified atom stereocenters. The molecule has 2 heterocycles. The first-order valence-corrected chi connectivity index (χ1v) is 8.60. The second kappa shape index (κ2) is 5.32. The number of thiazole rings is 1. The molecule has 3 rings (SSSR count). The minimum atomic E-state index is -0.722. The Balaban J connectivity index is 1.86. The zero-order chi connectivity index (χ0) is 13.4. The predicted octanol–water partition coefficient (Wildman–Crippen LogP) is 2.59. The fraction of sp³-hybridized carbons (Fsp3) is 0.692. The third-order valence-electron chi connectivity index (χ3n) is 3.75. The van der Waals surface area contributed by atoms with Crippen molar-refractivity contribution in [3.05, 3.63) is 10.6 Å². The molecule has 1 aliphatic heterocycles. The van der Waals surface area contributed by atoms with Crippen LogP contribution < -0.4 is 4.90 Å². The standard InChI is InChI=1S/C13H18N2O2S2/c1-8-7-15(5-6-18-8)13-14-11-9(12(16)17)3-2-4-10(11)19-13/h8-9H,2-7H2,1H3,(H,16,17). The van der Waals surface area contributed by atoms with Gasteiger partial charge in [-0.1, -0.05) is 6.92 Å². The molecular weight excluding hydrogens is 280 g/mol. The Bertz CT molecular complexity index is 489. The van der Waals surface area contributed by atoms with E-state index in [2.05, 4.69) is 16.8 Å². The highest BCUT2D eigenvalue weighted by Gasteiger charge is 2.31. The quantitative estimate of drug-likeness (QED) is 0.909. The number of carboxylic acid groups (broad SMARTS) is 1. The summed E-state index contributed by atoms with van der Waals surface area (Å²) in [6.45, 7) is 4.29. The van der Waals surface area contributed by atoms with Crippen molar-refractivity contribution in [3.8, 4) is 0 Å². The van der Waals surface area contributed by atoms with E-state index in [1.807, 2.05) is 11.8 Å². The van der Waals surface area contributed by atoms with Gasteiger partial charge in [-0.05, 0) is 19.3 Å². The normalized spacial score (nSPS) is 27.1. The first-order chi connectivity index (χ1) is 9.15. The van der Waals surface area contributed by atoms with Crippen molar-refractivity contribution in [2.75, 3.05) is 23.7 Å². The lowest BCUT2D eigenvalue weighted by Gasteiger charge is -2.30. The Morgan fingerprint density at radius 2 is 2.37 bits per heavy atom. The molecule has 0 bridgehead atoms. The van der Waals surface area contributed by atoms with Gasteiger partial charge in [0.15, 0.2) is 5.13 Å². The van der Waals surface area contributed by atoms with Gasteiger partial charge in [-0.3, -0.25) is 4.79 Å². The summed E-state index contributed by atoms with van der Waals surface area (Å²) in [5, 5.41) is 11.0. The van der Waals surface area contributed by atoms with Crippen LogP contribution in [0.25, 0.3) is 0 Å². The van der Waals surface area contributed by atoms with Gasteiger partial charge in [0.25, 0.3) is 0 Å². The maximum atomic E-state index is 11.3. The van der Waals surface area contributed by atoms with E-state index in [-0.39, 0.29) is 5.92 Å². The van der Waals surface area contributed by atoms with Crippen LogP contribution in [0.5, 0.6) is 0 Å². The van der Waals surface area contributed by atoms with Crippen molar-refractivity contribution >= 4 is 34.2 Å². The van der Waals surface area contributed by atoms with Gasteiger partial charge in [0.05, 0.1) is 5.69 Å². The molecule has 19 heavy (non-hydrogen) atoms. The van der Waals surface area contributed by atoms with E-state index in [1.54, 1.807) is 11.3 Å². The van der Waals surface area contributed by atoms with E-state index in [1.165, 1.54) is 4.88 Å². The van der Waals surface area contributed by atoms with E-state index in [9.17, 15) is 9.90 Å².